The van der Waals surface area contributed by atoms with Gasteiger partial charge in [-0.3, -0.25) is 4.68 Å². The van der Waals surface area contributed by atoms with Crippen molar-refractivity contribution in [2.45, 2.75) is 84.7 Å². The van der Waals surface area contributed by atoms with E-state index in [4.69, 9.17) is 0 Å². The molecule has 1 heterocycles. The minimum absolute atomic E-state index is 0.611. The summed E-state index contributed by atoms with van der Waals surface area (Å²) in [5, 5.41) is 8.31. The van der Waals surface area contributed by atoms with E-state index in [0.29, 0.717) is 6.04 Å². The van der Waals surface area contributed by atoms with Crippen molar-refractivity contribution in [3.63, 3.8) is 0 Å². The number of rotatable bonds is 7. The molecule has 1 atom stereocenters. The van der Waals surface area contributed by atoms with Crippen LogP contribution in [0.2, 0.25) is 0 Å². The Labute approximate surface area is 130 Å². The van der Waals surface area contributed by atoms with E-state index < -0.39 is 0 Å². The average molecular weight is 291 g/mol. The van der Waals surface area contributed by atoms with Crippen LogP contribution in [0, 0.1) is 12.8 Å². The van der Waals surface area contributed by atoms with Crippen LogP contribution in [0.3, 0.4) is 0 Å². The Balaban J connectivity index is 1.97. The molecule has 0 saturated heterocycles. The zero-order valence-electron chi connectivity index (χ0n) is 14.2. The van der Waals surface area contributed by atoms with Crippen molar-refractivity contribution in [2.24, 2.45) is 5.92 Å². The van der Waals surface area contributed by atoms with Gasteiger partial charge < -0.3 is 5.32 Å². The quantitative estimate of drug-likeness (QED) is 0.767. The first-order valence-electron chi connectivity index (χ1n) is 8.99. The second-order valence-corrected chi connectivity index (χ2v) is 6.64. The number of nitrogens with one attached hydrogen (secondary N) is 1. The lowest BCUT2D eigenvalue weighted by atomic mass is 9.90. The third-order valence-electron chi connectivity index (χ3n) is 4.83. The van der Waals surface area contributed by atoms with Crippen LogP contribution in [0.25, 0.3) is 0 Å². The largest absolute Gasteiger partial charge is 0.314 e. The molecule has 0 bridgehead atoms. The first-order chi connectivity index (χ1) is 10.2. The Bertz CT molecular complexity index is 403. The summed E-state index contributed by atoms with van der Waals surface area (Å²) in [5.41, 5.74) is 2.55. The van der Waals surface area contributed by atoms with Crippen molar-refractivity contribution < 1.29 is 0 Å². The third kappa shape index (κ3) is 5.14. The van der Waals surface area contributed by atoms with Crippen molar-refractivity contribution in [1.29, 1.82) is 0 Å². The molecular formula is C18H33N3. The number of aryl methyl sites for hydroxylation is 2. The van der Waals surface area contributed by atoms with Gasteiger partial charge in [-0.2, -0.15) is 5.10 Å². The van der Waals surface area contributed by atoms with Crippen LogP contribution in [0.1, 0.15) is 70.2 Å². The summed E-state index contributed by atoms with van der Waals surface area (Å²) in [4.78, 5) is 0. The van der Waals surface area contributed by atoms with Gasteiger partial charge in [-0.15, -0.1) is 0 Å². The Morgan fingerprint density at radius 2 is 1.95 bits per heavy atom. The van der Waals surface area contributed by atoms with Crippen LogP contribution in [0.5, 0.6) is 0 Å². The molecule has 1 aliphatic carbocycles. The molecule has 0 amide bonds. The Morgan fingerprint density at radius 3 is 2.57 bits per heavy atom. The molecule has 1 saturated carbocycles. The summed E-state index contributed by atoms with van der Waals surface area (Å²) in [5.74, 6) is 0.927. The molecule has 0 aliphatic heterocycles. The zero-order valence-corrected chi connectivity index (χ0v) is 14.2. The highest BCUT2D eigenvalue weighted by atomic mass is 15.3. The maximum atomic E-state index is 4.59. The molecule has 1 aromatic heterocycles. The van der Waals surface area contributed by atoms with Gasteiger partial charge >= 0.3 is 0 Å². The molecule has 0 aromatic carbocycles. The van der Waals surface area contributed by atoms with Gasteiger partial charge in [-0.25, -0.2) is 0 Å². The van der Waals surface area contributed by atoms with Crippen LogP contribution in [-0.4, -0.2) is 22.4 Å². The minimum Gasteiger partial charge on any atom is -0.314 e. The standard InChI is InChI=1S/C18H33N3/c1-4-19-17(13-16-10-8-6-7-9-11-16)14-18-12-15(3)20-21(18)5-2/h12,16-17,19H,4-11,13-14H2,1-3H3. The predicted octanol–water partition coefficient (Wildman–Crippen LogP) is 4.09. The molecule has 120 valence electrons. The van der Waals surface area contributed by atoms with Gasteiger partial charge in [0.05, 0.1) is 5.69 Å². The molecule has 1 aliphatic rings. The van der Waals surface area contributed by atoms with E-state index in [1.165, 1.54) is 50.6 Å². The van der Waals surface area contributed by atoms with Crippen LogP contribution in [-0.2, 0) is 13.0 Å². The van der Waals surface area contributed by atoms with Gasteiger partial charge in [0.2, 0.25) is 0 Å². The number of likely N-dealkylation sites (N-methyl/N-ethyl adjacent to an activating group) is 1. The predicted molar refractivity (Wildman–Crippen MR) is 89.6 cm³/mol. The molecule has 1 aromatic rings. The van der Waals surface area contributed by atoms with Gasteiger partial charge in [0.1, 0.15) is 0 Å². The van der Waals surface area contributed by atoms with Crippen LogP contribution < -0.4 is 5.32 Å². The van der Waals surface area contributed by atoms with Crippen molar-refractivity contribution in [1.82, 2.24) is 15.1 Å². The molecule has 2 rings (SSSR count). The van der Waals surface area contributed by atoms with E-state index in [-0.39, 0.29) is 0 Å². The van der Waals surface area contributed by atoms with Crippen molar-refractivity contribution in [3.8, 4) is 0 Å². The highest BCUT2D eigenvalue weighted by Crippen LogP contribution is 2.27. The van der Waals surface area contributed by atoms with Gasteiger partial charge in [0.25, 0.3) is 0 Å². The third-order valence-corrected chi connectivity index (χ3v) is 4.83. The molecular weight excluding hydrogens is 258 g/mol. The summed E-state index contributed by atoms with van der Waals surface area (Å²) in [6.45, 7) is 8.55. The minimum atomic E-state index is 0.611. The fourth-order valence-electron chi connectivity index (χ4n) is 3.82. The molecule has 21 heavy (non-hydrogen) atoms. The summed E-state index contributed by atoms with van der Waals surface area (Å²) in [6, 6.07) is 2.88. The summed E-state index contributed by atoms with van der Waals surface area (Å²) in [6.07, 6.45) is 11.1. The van der Waals surface area contributed by atoms with Crippen molar-refractivity contribution in [3.05, 3.63) is 17.5 Å². The molecule has 1 fully saturated rings. The highest BCUT2D eigenvalue weighted by Gasteiger charge is 2.19. The lowest BCUT2D eigenvalue weighted by Gasteiger charge is -2.23. The molecule has 3 heteroatoms. The molecule has 1 N–H and O–H groups in total. The zero-order chi connectivity index (χ0) is 15.1. The Hall–Kier alpha value is -0.830. The maximum absolute atomic E-state index is 4.59. The molecule has 1 unspecified atom stereocenters. The second kappa shape index (κ2) is 8.57. The van der Waals surface area contributed by atoms with Crippen LogP contribution in [0.4, 0.5) is 0 Å². The fourth-order valence-corrected chi connectivity index (χ4v) is 3.82. The van der Waals surface area contributed by atoms with Gasteiger partial charge in [-0.1, -0.05) is 45.4 Å². The fraction of sp³-hybridized carbons (Fsp3) is 0.833. The summed E-state index contributed by atoms with van der Waals surface area (Å²) in [7, 11) is 0. The smallest absolute Gasteiger partial charge is 0.0596 e. The number of aromatic nitrogens is 2. The van der Waals surface area contributed by atoms with Crippen molar-refractivity contribution in [2.75, 3.05) is 6.54 Å². The molecule has 0 radical (unpaired) electrons. The lowest BCUT2D eigenvalue weighted by Crippen LogP contribution is -2.33. The normalized spacial score (nSPS) is 18.6. The van der Waals surface area contributed by atoms with Gasteiger partial charge in [0, 0.05) is 24.7 Å². The first-order valence-corrected chi connectivity index (χ1v) is 8.99. The summed E-state index contributed by atoms with van der Waals surface area (Å²) >= 11 is 0. The monoisotopic (exact) mass is 291 g/mol. The van der Waals surface area contributed by atoms with Gasteiger partial charge in [-0.05, 0) is 38.8 Å². The van der Waals surface area contributed by atoms with Crippen molar-refractivity contribution >= 4 is 0 Å². The SMILES string of the molecule is CCNC(Cc1cc(C)nn1CC)CC1CCCCCC1. The van der Waals surface area contributed by atoms with E-state index in [0.717, 1.165) is 31.1 Å². The lowest BCUT2D eigenvalue weighted by molar-refractivity contribution is 0.348. The van der Waals surface area contributed by atoms with E-state index >= 15 is 0 Å². The van der Waals surface area contributed by atoms with Gasteiger partial charge in [0.15, 0.2) is 0 Å². The Morgan fingerprint density at radius 1 is 1.24 bits per heavy atom. The van der Waals surface area contributed by atoms with E-state index in [9.17, 15) is 0 Å². The Kier molecular flexibility index (Phi) is 6.75. The molecule has 0 spiro atoms. The number of hydrogen-bond donors (Lipinski definition) is 1. The van der Waals surface area contributed by atoms with Crippen LogP contribution >= 0.6 is 0 Å². The van der Waals surface area contributed by atoms with Crippen LogP contribution in [0.15, 0.2) is 6.07 Å². The molecule has 3 nitrogen and oxygen atoms in total. The summed E-state index contributed by atoms with van der Waals surface area (Å²) < 4.78 is 2.17. The first kappa shape index (κ1) is 16.5. The van der Waals surface area contributed by atoms with E-state index in [1.807, 2.05) is 0 Å². The highest BCUT2D eigenvalue weighted by molar-refractivity contribution is 5.10. The number of nitrogens with zero attached hydrogens (tertiary/aromatic N) is 2. The van der Waals surface area contributed by atoms with E-state index in [2.05, 4.69) is 41.9 Å². The maximum Gasteiger partial charge on any atom is 0.0596 e. The second-order valence-electron chi connectivity index (χ2n) is 6.64. The average Bonchev–Trinajstić information content (AvgIpc) is 2.65. The van der Waals surface area contributed by atoms with E-state index in [1.54, 1.807) is 0 Å². The topological polar surface area (TPSA) is 29.9 Å². The number of hydrogen-bond acceptors (Lipinski definition) is 2.